The number of aromatic nitrogens is 3. The third-order valence-corrected chi connectivity index (χ3v) is 7.81. The lowest BCUT2D eigenvalue weighted by molar-refractivity contribution is -0.130. The quantitative estimate of drug-likeness (QED) is 0.603. The van der Waals surface area contributed by atoms with Crippen LogP contribution in [-0.2, 0) is 11.8 Å². The van der Waals surface area contributed by atoms with Gasteiger partial charge in [-0.05, 0) is 67.0 Å². The molecule has 0 radical (unpaired) electrons. The molecule has 3 unspecified atom stereocenters. The molecule has 5 nitrogen and oxygen atoms in total. The standard InChI is InChI=1S/C24H27ClN4OS/c1-28(2)23(30)19-12-18(19)14-4-6-15(7-5-14)21-24(29(3)22(27-21)16-8-9-16)31-20-11-10-17(25)13-26-20/h4,6-7,10-11,13-14,16,18-19H,5,8-9,12H2,1-3H3. The van der Waals surface area contributed by atoms with Crippen molar-refractivity contribution in [2.24, 2.45) is 24.8 Å². The molecule has 2 heterocycles. The number of imidazole rings is 1. The van der Waals surface area contributed by atoms with Crippen molar-refractivity contribution in [3.05, 3.63) is 53.1 Å². The highest BCUT2D eigenvalue weighted by Crippen LogP contribution is 2.49. The van der Waals surface area contributed by atoms with Crippen LogP contribution in [0, 0.1) is 17.8 Å². The number of nitrogens with zero attached hydrogens (tertiary/aromatic N) is 4. The van der Waals surface area contributed by atoms with Crippen LogP contribution in [0.1, 0.15) is 43.1 Å². The van der Waals surface area contributed by atoms with Crippen LogP contribution in [0.5, 0.6) is 0 Å². The molecule has 0 bridgehead atoms. The molecule has 0 aliphatic heterocycles. The maximum Gasteiger partial charge on any atom is 0.225 e. The molecular weight excluding hydrogens is 428 g/mol. The van der Waals surface area contributed by atoms with Crippen LogP contribution in [-0.4, -0.2) is 39.4 Å². The first-order valence-corrected chi connectivity index (χ1v) is 12.1. The van der Waals surface area contributed by atoms with E-state index in [2.05, 4.69) is 34.8 Å². The van der Waals surface area contributed by atoms with Gasteiger partial charge in [0.1, 0.15) is 21.6 Å². The molecule has 0 spiro atoms. The Morgan fingerprint density at radius 1 is 1.29 bits per heavy atom. The predicted octanol–water partition coefficient (Wildman–Crippen LogP) is 5.18. The van der Waals surface area contributed by atoms with Crippen LogP contribution in [0.15, 0.2) is 46.6 Å². The SMILES string of the molecule is CN(C)C(=O)C1CC1C1C=CC(c2nc(C3CC3)n(C)c2Sc2ccc(Cl)cn2)=CC1. The van der Waals surface area contributed by atoms with Crippen molar-refractivity contribution in [2.45, 2.75) is 41.7 Å². The molecule has 0 saturated heterocycles. The van der Waals surface area contributed by atoms with Gasteiger partial charge in [0.2, 0.25) is 5.91 Å². The van der Waals surface area contributed by atoms with Crippen molar-refractivity contribution in [1.82, 2.24) is 19.4 Å². The second kappa shape index (κ2) is 8.14. The Morgan fingerprint density at radius 3 is 2.71 bits per heavy atom. The average molecular weight is 455 g/mol. The fourth-order valence-electron chi connectivity index (χ4n) is 4.47. The van der Waals surface area contributed by atoms with Gasteiger partial charge in [0.25, 0.3) is 0 Å². The molecule has 162 valence electrons. The fourth-order valence-corrected chi connectivity index (χ4v) is 5.51. The summed E-state index contributed by atoms with van der Waals surface area (Å²) in [6, 6.07) is 3.83. The molecule has 3 aliphatic rings. The fraction of sp³-hybridized carbons (Fsp3) is 0.458. The van der Waals surface area contributed by atoms with E-state index in [4.69, 9.17) is 16.6 Å². The molecule has 5 rings (SSSR count). The molecular formula is C24H27ClN4OS. The number of carbonyl (C=O) groups is 1. The van der Waals surface area contributed by atoms with E-state index in [0.29, 0.717) is 22.8 Å². The van der Waals surface area contributed by atoms with Crippen molar-refractivity contribution in [1.29, 1.82) is 0 Å². The van der Waals surface area contributed by atoms with Gasteiger partial charge in [-0.2, -0.15) is 0 Å². The van der Waals surface area contributed by atoms with Crippen LogP contribution in [0.4, 0.5) is 0 Å². The number of amides is 1. The monoisotopic (exact) mass is 454 g/mol. The maximum absolute atomic E-state index is 12.2. The summed E-state index contributed by atoms with van der Waals surface area (Å²) < 4.78 is 2.24. The molecule has 31 heavy (non-hydrogen) atoms. The zero-order chi connectivity index (χ0) is 21.7. The van der Waals surface area contributed by atoms with E-state index < -0.39 is 0 Å². The maximum atomic E-state index is 12.2. The summed E-state index contributed by atoms with van der Waals surface area (Å²) in [5, 5.41) is 2.68. The first kappa shape index (κ1) is 20.8. The predicted molar refractivity (Wildman–Crippen MR) is 124 cm³/mol. The number of halogens is 1. The Morgan fingerprint density at radius 2 is 2.10 bits per heavy atom. The van der Waals surface area contributed by atoms with Crippen molar-refractivity contribution in [3.8, 4) is 0 Å². The Bertz CT molecular complexity index is 1070. The second-order valence-corrected chi connectivity index (χ2v) is 10.5. The summed E-state index contributed by atoms with van der Waals surface area (Å²) in [4.78, 5) is 23.5. The number of hydrogen-bond acceptors (Lipinski definition) is 4. The van der Waals surface area contributed by atoms with Crippen LogP contribution in [0.2, 0.25) is 5.02 Å². The molecule has 2 fully saturated rings. The molecule has 0 aromatic carbocycles. The van der Waals surface area contributed by atoms with Crippen LogP contribution >= 0.6 is 23.4 Å². The number of carbonyl (C=O) groups excluding carboxylic acids is 1. The highest BCUT2D eigenvalue weighted by molar-refractivity contribution is 7.99. The zero-order valence-electron chi connectivity index (χ0n) is 18.1. The van der Waals surface area contributed by atoms with Gasteiger partial charge in [0.15, 0.2) is 0 Å². The Balaban J connectivity index is 1.37. The molecule has 1 amide bonds. The number of allylic oxidation sites excluding steroid dienone is 4. The van der Waals surface area contributed by atoms with Gasteiger partial charge < -0.3 is 9.47 Å². The van der Waals surface area contributed by atoms with E-state index in [1.807, 2.05) is 26.2 Å². The third-order valence-electron chi connectivity index (χ3n) is 6.48. The lowest BCUT2D eigenvalue weighted by atomic mass is 9.90. The summed E-state index contributed by atoms with van der Waals surface area (Å²) in [5.74, 6) is 3.11. The third kappa shape index (κ3) is 4.20. The zero-order valence-corrected chi connectivity index (χ0v) is 19.7. The lowest BCUT2D eigenvalue weighted by Gasteiger charge is -2.17. The minimum absolute atomic E-state index is 0.193. The smallest absolute Gasteiger partial charge is 0.225 e. The molecule has 3 aliphatic carbocycles. The Labute approximate surface area is 192 Å². The van der Waals surface area contributed by atoms with Crippen LogP contribution in [0.25, 0.3) is 5.57 Å². The number of hydrogen-bond donors (Lipinski definition) is 0. The molecule has 2 aromatic heterocycles. The average Bonchev–Trinajstić information content (AvgIpc) is 3.68. The summed E-state index contributed by atoms with van der Waals surface area (Å²) >= 11 is 7.65. The second-order valence-electron chi connectivity index (χ2n) is 9.03. The van der Waals surface area contributed by atoms with E-state index >= 15 is 0 Å². The Kier molecular flexibility index (Phi) is 5.47. The van der Waals surface area contributed by atoms with Crippen LogP contribution in [0.3, 0.4) is 0 Å². The highest BCUT2D eigenvalue weighted by Gasteiger charge is 2.47. The summed E-state index contributed by atoms with van der Waals surface area (Å²) in [5.41, 5.74) is 2.21. The van der Waals surface area contributed by atoms with Gasteiger partial charge in [-0.25, -0.2) is 9.97 Å². The summed E-state index contributed by atoms with van der Waals surface area (Å²) in [6.07, 6.45) is 12.9. The first-order valence-electron chi connectivity index (χ1n) is 10.9. The topological polar surface area (TPSA) is 51.0 Å². The summed E-state index contributed by atoms with van der Waals surface area (Å²) in [6.45, 7) is 0. The largest absolute Gasteiger partial charge is 0.349 e. The van der Waals surface area contributed by atoms with Gasteiger partial charge >= 0.3 is 0 Å². The molecule has 3 atom stereocenters. The van der Waals surface area contributed by atoms with Crippen LogP contribution < -0.4 is 0 Å². The van der Waals surface area contributed by atoms with Crippen molar-refractivity contribution >= 4 is 34.8 Å². The van der Waals surface area contributed by atoms with E-state index in [9.17, 15) is 4.79 Å². The number of pyridine rings is 1. The molecule has 0 N–H and O–H groups in total. The molecule has 2 aromatic rings. The Hall–Kier alpha value is -2.05. The normalized spacial score (nSPS) is 24.8. The summed E-state index contributed by atoms with van der Waals surface area (Å²) in [7, 11) is 5.80. The highest BCUT2D eigenvalue weighted by atomic mass is 35.5. The van der Waals surface area contributed by atoms with Gasteiger partial charge in [0.05, 0.1) is 5.02 Å². The minimum Gasteiger partial charge on any atom is -0.349 e. The van der Waals surface area contributed by atoms with E-state index in [1.165, 1.54) is 24.2 Å². The lowest BCUT2D eigenvalue weighted by Crippen LogP contribution is -2.24. The molecule has 2 saturated carbocycles. The number of rotatable bonds is 6. The van der Waals surface area contributed by atoms with E-state index in [1.54, 1.807) is 22.9 Å². The van der Waals surface area contributed by atoms with Crippen molar-refractivity contribution < 1.29 is 4.79 Å². The minimum atomic E-state index is 0.193. The van der Waals surface area contributed by atoms with E-state index in [0.717, 1.165) is 28.6 Å². The van der Waals surface area contributed by atoms with Gasteiger partial charge in [0, 0.05) is 39.2 Å². The van der Waals surface area contributed by atoms with Crippen molar-refractivity contribution in [2.75, 3.05) is 14.1 Å². The molecule has 7 heteroatoms. The van der Waals surface area contributed by atoms with Crippen molar-refractivity contribution in [3.63, 3.8) is 0 Å². The van der Waals surface area contributed by atoms with Gasteiger partial charge in [-0.15, -0.1) is 0 Å². The van der Waals surface area contributed by atoms with Gasteiger partial charge in [-0.3, -0.25) is 4.79 Å². The van der Waals surface area contributed by atoms with Gasteiger partial charge in [-0.1, -0.05) is 29.8 Å². The first-order chi connectivity index (χ1) is 14.9. The van der Waals surface area contributed by atoms with E-state index in [-0.39, 0.29) is 11.8 Å².